The molecule has 0 aromatic heterocycles. The minimum Gasteiger partial charge on any atom is -0.412 e. The standard InChI is InChI=1S/C9H18OSi/c1-11(2,3)10-9-6-4-5-8(9)7-9/h8H,4-7H2,1-3H3. The molecule has 0 N–H and O–H groups in total. The van der Waals surface area contributed by atoms with Gasteiger partial charge in [-0.05, 0) is 44.8 Å². The van der Waals surface area contributed by atoms with Crippen LogP contribution in [-0.2, 0) is 4.43 Å². The summed E-state index contributed by atoms with van der Waals surface area (Å²) in [6.45, 7) is 6.90. The van der Waals surface area contributed by atoms with E-state index in [-0.39, 0.29) is 0 Å². The Morgan fingerprint density at radius 1 is 1.36 bits per heavy atom. The van der Waals surface area contributed by atoms with Gasteiger partial charge in [0.1, 0.15) is 0 Å². The Balaban J connectivity index is 1.97. The SMILES string of the molecule is C[Si](C)(C)OC12CCCC1C2. The van der Waals surface area contributed by atoms with Crippen LogP contribution >= 0.6 is 0 Å². The summed E-state index contributed by atoms with van der Waals surface area (Å²) in [5, 5.41) is 0. The second-order valence-electron chi connectivity index (χ2n) is 5.07. The second-order valence-corrected chi connectivity index (χ2v) is 9.50. The summed E-state index contributed by atoms with van der Waals surface area (Å²) in [4.78, 5) is 0. The molecule has 2 saturated carbocycles. The fourth-order valence-electron chi connectivity index (χ4n) is 2.46. The molecule has 2 heteroatoms. The van der Waals surface area contributed by atoms with Gasteiger partial charge in [0, 0.05) is 0 Å². The van der Waals surface area contributed by atoms with E-state index in [1.807, 2.05) is 0 Å². The first-order valence-electron chi connectivity index (χ1n) is 4.72. The average molecular weight is 170 g/mol. The quantitative estimate of drug-likeness (QED) is 0.579. The van der Waals surface area contributed by atoms with Crippen LogP contribution in [0.4, 0.5) is 0 Å². The molecule has 1 nitrogen and oxygen atoms in total. The monoisotopic (exact) mass is 170 g/mol. The number of hydrogen-bond acceptors (Lipinski definition) is 1. The van der Waals surface area contributed by atoms with Gasteiger partial charge in [0.25, 0.3) is 0 Å². The first kappa shape index (κ1) is 7.81. The molecule has 11 heavy (non-hydrogen) atoms. The zero-order chi connectivity index (χ0) is 8.11. The summed E-state index contributed by atoms with van der Waals surface area (Å²) in [6, 6.07) is 0. The topological polar surface area (TPSA) is 9.23 Å². The van der Waals surface area contributed by atoms with Crippen molar-refractivity contribution >= 4 is 8.32 Å². The molecule has 2 unspecified atom stereocenters. The highest BCUT2D eigenvalue weighted by Crippen LogP contribution is 2.59. The largest absolute Gasteiger partial charge is 0.412 e. The van der Waals surface area contributed by atoms with E-state index in [0.29, 0.717) is 5.60 Å². The highest BCUT2D eigenvalue weighted by molar-refractivity contribution is 6.69. The van der Waals surface area contributed by atoms with Gasteiger partial charge < -0.3 is 4.43 Å². The lowest BCUT2D eigenvalue weighted by Crippen LogP contribution is -2.33. The van der Waals surface area contributed by atoms with Crippen molar-refractivity contribution in [2.45, 2.75) is 50.9 Å². The summed E-state index contributed by atoms with van der Waals surface area (Å²) < 4.78 is 6.20. The molecule has 0 radical (unpaired) electrons. The van der Waals surface area contributed by atoms with Crippen LogP contribution in [0.2, 0.25) is 19.6 Å². The van der Waals surface area contributed by atoms with Crippen LogP contribution in [0.25, 0.3) is 0 Å². The fourth-order valence-corrected chi connectivity index (χ4v) is 4.03. The van der Waals surface area contributed by atoms with Crippen LogP contribution in [-0.4, -0.2) is 13.9 Å². The van der Waals surface area contributed by atoms with Crippen molar-refractivity contribution in [1.82, 2.24) is 0 Å². The van der Waals surface area contributed by atoms with E-state index < -0.39 is 8.32 Å². The zero-order valence-electron chi connectivity index (χ0n) is 7.81. The molecule has 0 amide bonds. The lowest BCUT2D eigenvalue weighted by atomic mass is 10.2. The van der Waals surface area contributed by atoms with Gasteiger partial charge in [-0.25, -0.2) is 0 Å². The predicted molar refractivity (Wildman–Crippen MR) is 49.1 cm³/mol. The Labute approximate surface area is 70.3 Å². The van der Waals surface area contributed by atoms with Crippen LogP contribution < -0.4 is 0 Å². The van der Waals surface area contributed by atoms with E-state index in [1.165, 1.54) is 25.7 Å². The van der Waals surface area contributed by atoms with Crippen LogP contribution in [0.3, 0.4) is 0 Å². The molecule has 2 rings (SSSR count). The van der Waals surface area contributed by atoms with Crippen molar-refractivity contribution < 1.29 is 4.43 Å². The van der Waals surface area contributed by atoms with Crippen molar-refractivity contribution in [3.05, 3.63) is 0 Å². The average Bonchev–Trinajstić information content (AvgIpc) is 2.30. The van der Waals surface area contributed by atoms with E-state index in [2.05, 4.69) is 19.6 Å². The molecular formula is C9H18OSi. The molecule has 0 bridgehead atoms. The minimum atomic E-state index is -1.25. The highest BCUT2D eigenvalue weighted by atomic mass is 28.4. The Kier molecular flexibility index (Phi) is 1.49. The van der Waals surface area contributed by atoms with Crippen molar-refractivity contribution in [2.75, 3.05) is 0 Å². The third-order valence-corrected chi connectivity index (χ3v) is 3.86. The van der Waals surface area contributed by atoms with Gasteiger partial charge in [0.2, 0.25) is 0 Å². The Morgan fingerprint density at radius 2 is 2.09 bits per heavy atom. The van der Waals surface area contributed by atoms with Gasteiger partial charge in [0.05, 0.1) is 5.60 Å². The molecule has 0 aromatic rings. The van der Waals surface area contributed by atoms with Crippen molar-refractivity contribution in [3.8, 4) is 0 Å². The molecule has 0 saturated heterocycles. The highest BCUT2D eigenvalue weighted by Gasteiger charge is 2.59. The third-order valence-electron chi connectivity index (χ3n) is 2.84. The molecule has 0 aromatic carbocycles. The van der Waals surface area contributed by atoms with Crippen LogP contribution in [0.15, 0.2) is 0 Å². The minimum absolute atomic E-state index is 0.407. The van der Waals surface area contributed by atoms with E-state index in [9.17, 15) is 0 Å². The summed E-state index contributed by atoms with van der Waals surface area (Å²) in [6.07, 6.45) is 5.57. The molecule has 2 atom stereocenters. The maximum Gasteiger partial charge on any atom is 0.184 e. The van der Waals surface area contributed by atoms with Crippen LogP contribution in [0, 0.1) is 5.92 Å². The molecule has 0 spiro atoms. The maximum absolute atomic E-state index is 6.20. The van der Waals surface area contributed by atoms with E-state index in [4.69, 9.17) is 4.43 Å². The fraction of sp³-hybridized carbons (Fsp3) is 1.00. The summed E-state index contributed by atoms with van der Waals surface area (Å²) in [5.74, 6) is 0.953. The van der Waals surface area contributed by atoms with Crippen molar-refractivity contribution in [3.63, 3.8) is 0 Å². The van der Waals surface area contributed by atoms with E-state index in [0.717, 1.165) is 5.92 Å². The Bertz CT molecular complexity index is 173. The number of fused-ring (bicyclic) bond motifs is 1. The number of hydrogen-bond donors (Lipinski definition) is 0. The van der Waals surface area contributed by atoms with E-state index >= 15 is 0 Å². The van der Waals surface area contributed by atoms with Crippen LogP contribution in [0.5, 0.6) is 0 Å². The van der Waals surface area contributed by atoms with Crippen LogP contribution in [0.1, 0.15) is 25.7 Å². The Morgan fingerprint density at radius 3 is 2.45 bits per heavy atom. The molecule has 0 heterocycles. The molecule has 2 aliphatic rings. The second kappa shape index (κ2) is 2.11. The summed E-state index contributed by atoms with van der Waals surface area (Å²) in [7, 11) is -1.25. The zero-order valence-corrected chi connectivity index (χ0v) is 8.81. The molecular weight excluding hydrogens is 152 g/mol. The maximum atomic E-state index is 6.20. The van der Waals surface area contributed by atoms with Gasteiger partial charge in [0.15, 0.2) is 8.32 Å². The first-order valence-corrected chi connectivity index (χ1v) is 8.13. The predicted octanol–water partition coefficient (Wildman–Crippen LogP) is 2.78. The summed E-state index contributed by atoms with van der Waals surface area (Å²) in [5.41, 5.74) is 0.407. The Hall–Kier alpha value is 0.177. The normalized spacial score (nSPS) is 42.3. The molecule has 0 aliphatic heterocycles. The smallest absolute Gasteiger partial charge is 0.184 e. The summed E-state index contributed by atoms with van der Waals surface area (Å²) >= 11 is 0. The van der Waals surface area contributed by atoms with Crippen molar-refractivity contribution in [2.24, 2.45) is 5.92 Å². The third kappa shape index (κ3) is 1.38. The molecule has 64 valence electrons. The molecule has 2 aliphatic carbocycles. The van der Waals surface area contributed by atoms with Gasteiger partial charge in [-0.3, -0.25) is 0 Å². The van der Waals surface area contributed by atoms with Crippen molar-refractivity contribution in [1.29, 1.82) is 0 Å². The first-order chi connectivity index (χ1) is 5.02. The number of rotatable bonds is 2. The van der Waals surface area contributed by atoms with Gasteiger partial charge >= 0.3 is 0 Å². The lowest BCUT2D eigenvalue weighted by molar-refractivity contribution is 0.163. The lowest BCUT2D eigenvalue weighted by Gasteiger charge is -2.24. The van der Waals surface area contributed by atoms with Gasteiger partial charge in [-0.15, -0.1) is 0 Å². The molecule has 2 fully saturated rings. The van der Waals surface area contributed by atoms with E-state index in [1.54, 1.807) is 0 Å². The van der Waals surface area contributed by atoms with Gasteiger partial charge in [-0.2, -0.15) is 0 Å². The van der Waals surface area contributed by atoms with Gasteiger partial charge in [-0.1, -0.05) is 6.42 Å².